The first-order valence-electron chi connectivity index (χ1n) is 10.3. The third kappa shape index (κ3) is 5.63. The maximum Gasteiger partial charge on any atom is 0.325 e. The molecule has 0 radical (unpaired) electrons. The number of carboxylic acids is 1. The molecule has 0 aliphatic carbocycles. The van der Waals surface area contributed by atoms with Gasteiger partial charge in [0, 0.05) is 35.4 Å². The fraction of sp³-hybridized carbons (Fsp3) is 0.333. The van der Waals surface area contributed by atoms with Crippen LogP contribution in [0.3, 0.4) is 0 Å². The summed E-state index contributed by atoms with van der Waals surface area (Å²) in [6.07, 6.45) is 5.87. The number of aliphatic carboxylic acids is 1. The number of unbranched alkanes of at least 4 members (excludes halogenated alkanes) is 1. The van der Waals surface area contributed by atoms with Crippen LogP contribution in [0, 0.1) is 0 Å². The first-order valence-corrected chi connectivity index (χ1v) is 10.7. The third-order valence-electron chi connectivity index (χ3n) is 5.15. The van der Waals surface area contributed by atoms with Crippen molar-refractivity contribution in [3.05, 3.63) is 82.4 Å². The minimum Gasteiger partial charge on any atom is -0.480 e. The van der Waals surface area contributed by atoms with Crippen molar-refractivity contribution in [3.8, 4) is 0 Å². The molecular formula is C24H28ClN3O2. The Bertz CT molecular complexity index is 982. The zero-order valence-corrected chi connectivity index (χ0v) is 18.2. The van der Waals surface area contributed by atoms with Gasteiger partial charge >= 0.3 is 5.97 Å². The normalized spacial score (nSPS) is 12.0. The largest absolute Gasteiger partial charge is 0.480 e. The summed E-state index contributed by atoms with van der Waals surface area (Å²) < 4.78 is 2.27. The maximum atomic E-state index is 11.0. The lowest BCUT2D eigenvalue weighted by atomic mass is 10.1. The van der Waals surface area contributed by atoms with Gasteiger partial charge in [-0.15, -0.1) is 0 Å². The van der Waals surface area contributed by atoms with Gasteiger partial charge in [0.15, 0.2) is 0 Å². The van der Waals surface area contributed by atoms with Gasteiger partial charge in [0.05, 0.1) is 6.54 Å². The first-order chi connectivity index (χ1) is 14.5. The van der Waals surface area contributed by atoms with Crippen molar-refractivity contribution in [1.82, 2.24) is 9.55 Å². The standard InChI is InChI=1S/C24H28ClN3O2/c1-3-4-9-23-26-15-21(28(23)16-19-7-5-6-8-22(19)25)14-18-10-12-20(13-11-18)27-17(2)24(29)30/h5-8,10-13,15,17,27H,3-4,9,14,16H2,1-2H3,(H,29,30). The Balaban J connectivity index is 1.80. The Labute approximate surface area is 182 Å². The lowest BCUT2D eigenvalue weighted by molar-refractivity contribution is -0.137. The molecule has 3 aromatic rings. The summed E-state index contributed by atoms with van der Waals surface area (Å²) in [7, 11) is 0. The molecule has 1 aromatic heterocycles. The number of imidazole rings is 1. The Kier molecular flexibility index (Phi) is 7.52. The molecule has 2 N–H and O–H groups in total. The number of carbonyl (C=O) groups is 1. The minimum absolute atomic E-state index is 0.631. The Morgan fingerprint density at radius 2 is 1.93 bits per heavy atom. The zero-order chi connectivity index (χ0) is 21.5. The van der Waals surface area contributed by atoms with Crippen molar-refractivity contribution < 1.29 is 9.90 Å². The number of aryl methyl sites for hydroxylation is 1. The molecule has 1 unspecified atom stereocenters. The summed E-state index contributed by atoms with van der Waals surface area (Å²) >= 11 is 6.41. The Hall–Kier alpha value is -2.79. The van der Waals surface area contributed by atoms with E-state index in [0.29, 0.717) is 6.54 Å². The van der Waals surface area contributed by atoms with E-state index in [1.165, 1.54) is 0 Å². The summed E-state index contributed by atoms with van der Waals surface area (Å²) in [4.78, 5) is 15.7. The van der Waals surface area contributed by atoms with Gasteiger partial charge in [-0.3, -0.25) is 4.79 Å². The monoisotopic (exact) mass is 425 g/mol. The number of hydrogen-bond acceptors (Lipinski definition) is 3. The molecule has 1 heterocycles. The average Bonchev–Trinajstić information content (AvgIpc) is 3.10. The molecular weight excluding hydrogens is 398 g/mol. The van der Waals surface area contributed by atoms with Gasteiger partial charge in [0.2, 0.25) is 0 Å². The van der Waals surface area contributed by atoms with Crippen molar-refractivity contribution in [2.75, 3.05) is 5.32 Å². The van der Waals surface area contributed by atoms with E-state index in [4.69, 9.17) is 21.7 Å². The van der Waals surface area contributed by atoms with Crippen LogP contribution in [0.4, 0.5) is 5.69 Å². The number of benzene rings is 2. The van der Waals surface area contributed by atoms with E-state index in [9.17, 15) is 4.79 Å². The van der Waals surface area contributed by atoms with Crippen LogP contribution in [0.1, 0.15) is 49.3 Å². The second-order valence-corrected chi connectivity index (χ2v) is 7.93. The molecule has 158 valence electrons. The number of hydrogen-bond donors (Lipinski definition) is 2. The molecule has 0 spiro atoms. The molecule has 0 aliphatic heterocycles. The van der Waals surface area contributed by atoms with E-state index >= 15 is 0 Å². The lowest BCUT2D eigenvalue weighted by Crippen LogP contribution is -2.25. The fourth-order valence-electron chi connectivity index (χ4n) is 3.36. The quantitative estimate of drug-likeness (QED) is 0.456. The predicted octanol–water partition coefficient (Wildman–Crippen LogP) is 5.40. The molecule has 0 saturated heterocycles. The lowest BCUT2D eigenvalue weighted by Gasteiger charge is -2.14. The predicted molar refractivity (Wildman–Crippen MR) is 121 cm³/mol. The van der Waals surface area contributed by atoms with Crippen LogP contribution in [0.25, 0.3) is 0 Å². The SMILES string of the molecule is CCCCc1ncc(Cc2ccc(NC(C)C(=O)O)cc2)n1Cc1ccccc1Cl. The summed E-state index contributed by atoms with van der Waals surface area (Å²) in [6, 6.07) is 15.2. The fourth-order valence-corrected chi connectivity index (χ4v) is 3.55. The number of anilines is 1. The van der Waals surface area contributed by atoms with E-state index < -0.39 is 12.0 Å². The molecule has 0 aliphatic rings. The molecule has 0 saturated carbocycles. The van der Waals surface area contributed by atoms with Crippen molar-refractivity contribution in [2.45, 2.75) is 52.1 Å². The van der Waals surface area contributed by atoms with Crippen LogP contribution >= 0.6 is 11.6 Å². The highest BCUT2D eigenvalue weighted by Crippen LogP contribution is 2.21. The summed E-state index contributed by atoms with van der Waals surface area (Å²) in [5.41, 5.74) is 4.16. The van der Waals surface area contributed by atoms with Crippen molar-refractivity contribution >= 4 is 23.3 Å². The number of halogens is 1. The number of aromatic nitrogens is 2. The van der Waals surface area contributed by atoms with Gasteiger partial charge < -0.3 is 15.0 Å². The molecule has 6 heteroatoms. The summed E-state index contributed by atoms with van der Waals surface area (Å²) in [5.74, 6) is 0.211. The minimum atomic E-state index is -0.873. The van der Waals surface area contributed by atoms with Crippen molar-refractivity contribution in [1.29, 1.82) is 0 Å². The van der Waals surface area contributed by atoms with Gasteiger partial charge in [-0.05, 0) is 42.7 Å². The van der Waals surface area contributed by atoms with E-state index in [0.717, 1.165) is 59.0 Å². The topological polar surface area (TPSA) is 67.2 Å². The zero-order valence-electron chi connectivity index (χ0n) is 17.4. The van der Waals surface area contributed by atoms with Gasteiger partial charge in [-0.1, -0.05) is 55.3 Å². The molecule has 0 amide bonds. The molecule has 2 aromatic carbocycles. The van der Waals surface area contributed by atoms with Gasteiger partial charge in [-0.25, -0.2) is 4.98 Å². The number of carboxylic acid groups (broad SMARTS) is 1. The summed E-state index contributed by atoms with van der Waals surface area (Å²) in [5, 5.41) is 12.8. The van der Waals surface area contributed by atoms with Crippen molar-refractivity contribution in [2.24, 2.45) is 0 Å². The van der Waals surface area contributed by atoms with Crippen LogP contribution in [0.5, 0.6) is 0 Å². The van der Waals surface area contributed by atoms with Crippen LogP contribution in [0.2, 0.25) is 5.02 Å². The highest BCUT2D eigenvalue weighted by molar-refractivity contribution is 6.31. The van der Waals surface area contributed by atoms with Crippen LogP contribution in [0.15, 0.2) is 54.7 Å². The molecule has 5 nitrogen and oxygen atoms in total. The van der Waals surface area contributed by atoms with Gasteiger partial charge in [-0.2, -0.15) is 0 Å². The maximum absolute atomic E-state index is 11.0. The molecule has 3 rings (SSSR count). The number of rotatable bonds is 10. The summed E-state index contributed by atoms with van der Waals surface area (Å²) in [6.45, 7) is 4.51. The highest BCUT2D eigenvalue weighted by atomic mass is 35.5. The van der Waals surface area contributed by atoms with Gasteiger partial charge in [0.25, 0.3) is 0 Å². The van der Waals surface area contributed by atoms with Gasteiger partial charge in [0.1, 0.15) is 11.9 Å². The van der Waals surface area contributed by atoms with E-state index in [1.807, 2.05) is 48.7 Å². The second kappa shape index (κ2) is 10.3. The van der Waals surface area contributed by atoms with E-state index in [1.54, 1.807) is 6.92 Å². The third-order valence-corrected chi connectivity index (χ3v) is 5.52. The molecule has 1 atom stereocenters. The van der Waals surface area contributed by atoms with Crippen molar-refractivity contribution in [3.63, 3.8) is 0 Å². The van der Waals surface area contributed by atoms with Crippen LogP contribution in [-0.2, 0) is 24.2 Å². The van der Waals surface area contributed by atoms with E-state index in [2.05, 4.69) is 22.9 Å². The Morgan fingerprint density at radius 1 is 1.20 bits per heavy atom. The molecule has 0 fully saturated rings. The number of nitrogens with zero attached hydrogens (tertiary/aromatic N) is 2. The molecule has 30 heavy (non-hydrogen) atoms. The van der Waals surface area contributed by atoms with E-state index in [-0.39, 0.29) is 0 Å². The first kappa shape index (κ1) is 21.9. The average molecular weight is 426 g/mol. The molecule has 0 bridgehead atoms. The number of nitrogens with one attached hydrogen (secondary N) is 1. The second-order valence-electron chi connectivity index (χ2n) is 7.52. The van der Waals surface area contributed by atoms with Crippen LogP contribution < -0.4 is 5.32 Å². The van der Waals surface area contributed by atoms with Crippen LogP contribution in [-0.4, -0.2) is 26.7 Å². The Morgan fingerprint density at radius 3 is 2.60 bits per heavy atom. The highest BCUT2D eigenvalue weighted by Gasteiger charge is 2.13. The smallest absolute Gasteiger partial charge is 0.325 e.